The monoisotopic (exact) mass is 698 g/mol. The van der Waals surface area contributed by atoms with E-state index in [1.54, 1.807) is 13.8 Å². The molecular formula is C34H54N2O11S. The number of amides is 1. The minimum Gasteiger partial charge on any atom is -0.481 e. The molecule has 4 rings (SSSR count). The van der Waals surface area contributed by atoms with Crippen molar-refractivity contribution >= 4 is 22.1 Å². The Bertz CT molecular complexity index is 1270. The predicted molar refractivity (Wildman–Crippen MR) is 176 cm³/mol. The van der Waals surface area contributed by atoms with Crippen LogP contribution in [-0.2, 0) is 49.7 Å². The number of carboxylic acids is 1. The molecule has 0 aliphatic carbocycles. The number of carbonyl (C=O) groups excluding carboxylic acids is 1. The summed E-state index contributed by atoms with van der Waals surface area (Å²) >= 11 is 0. The second kappa shape index (κ2) is 18.1. The number of fused-ring (bicyclic) bond motifs is 1. The number of morpholine rings is 1. The molecule has 0 unspecified atom stereocenters. The second-order valence-corrected chi connectivity index (χ2v) is 15.0. The fourth-order valence-electron chi connectivity index (χ4n) is 6.47. The Hall–Kier alpha value is -2.33. The van der Waals surface area contributed by atoms with Crippen LogP contribution in [0.4, 0.5) is 4.79 Å². The van der Waals surface area contributed by atoms with Crippen LogP contribution in [-0.4, -0.2) is 106 Å². The fourth-order valence-corrected chi connectivity index (χ4v) is 7.35. The van der Waals surface area contributed by atoms with E-state index in [0.717, 1.165) is 19.3 Å². The molecule has 0 saturated carbocycles. The number of rotatable bonds is 20. The van der Waals surface area contributed by atoms with Gasteiger partial charge in [0.25, 0.3) is 10.0 Å². The van der Waals surface area contributed by atoms with Crippen LogP contribution in [0.3, 0.4) is 0 Å². The van der Waals surface area contributed by atoms with Crippen molar-refractivity contribution < 1.29 is 51.5 Å². The van der Waals surface area contributed by atoms with Gasteiger partial charge in [-0.05, 0) is 38.0 Å². The number of nitrogens with one attached hydrogen (secondary N) is 1. The van der Waals surface area contributed by atoms with Gasteiger partial charge >= 0.3 is 12.1 Å². The van der Waals surface area contributed by atoms with Gasteiger partial charge < -0.3 is 33.5 Å². The van der Waals surface area contributed by atoms with E-state index in [1.807, 2.05) is 4.72 Å². The predicted octanol–water partition coefficient (Wildman–Crippen LogP) is 4.61. The number of aliphatic carboxylic acids is 1. The molecule has 1 amide bonds. The highest BCUT2D eigenvalue weighted by atomic mass is 32.2. The highest BCUT2D eigenvalue weighted by Crippen LogP contribution is 2.47. The normalized spacial score (nSPS) is 25.5. The minimum absolute atomic E-state index is 0.0562. The smallest absolute Gasteiger partial charge is 0.421 e. The average molecular weight is 699 g/mol. The molecule has 0 bridgehead atoms. The number of hydrogen-bond donors (Lipinski definition) is 2. The summed E-state index contributed by atoms with van der Waals surface area (Å²) < 4.78 is 64.5. The Balaban J connectivity index is 1.36. The van der Waals surface area contributed by atoms with Crippen molar-refractivity contribution in [1.29, 1.82) is 0 Å². The molecule has 3 saturated heterocycles. The third-order valence-electron chi connectivity index (χ3n) is 8.82. The molecule has 3 heterocycles. The van der Waals surface area contributed by atoms with E-state index >= 15 is 0 Å². The van der Waals surface area contributed by atoms with Crippen molar-refractivity contribution in [3.8, 4) is 0 Å². The van der Waals surface area contributed by atoms with Crippen LogP contribution in [0.5, 0.6) is 0 Å². The van der Waals surface area contributed by atoms with Crippen LogP contribution >= 0.6 is 0 Å². The maximum absolute atomic E-state index is 13.2. The highest BCUT2D eigenvalue weighted by Gasteiger charge is 2.66. The van der Waals surface area contributed by atoms with Crippen molar-refractivity contribution in [3.63, 3.8) is 0 Å². The van der Waals surface area contributed by atoms with E-state index in [2.05, 4.69) is 11.8 Å². The Morgan fingerprint density at radius 1 is 0.958 bits per heavy atom. The summed E-state index contributed by atoms with van der Waals surface area (Å²) in [4.78, 5) is 26.1. The highest BCUT2D eigenvalue weighted by molar-refractivity contribution is 7.90. The Morgan fingerprint density at radius 2 is 1.58 bits per heavy atom. The van der Waals surface area contributed by atoms with Crippen molar-refractivity contribution in [2.45, 2.75) is 126 Å². The fraction of sp³-hybridized carbons (Fsp3) is 0.765. The number of carbonyl (C=O) groups is 2. The van der Waals surface area contributed by atoms with E-state index in [4.69, 9.17) is 33.5 Å². The average Bonchev–Trinajstić information content (AvgIpc) is 3.43. The first kappa shape index (κ1) is 38.5. The van der Waals surface area contributed by atoms with E-state index in [9.17, 15) is 18.0 Å². The molecule has 13 nitrogen and oxygen atoms in total. The molecule has 272 valence electrons. The molecule has 3 fully saturated rings. The van der Waals surface area contributed by atoms with Crippen LogP contribution in [0, 0.1) is 0 Å². The van der Waals surface area contributed by atoms with E-state index in [-0.39, 0.29) is 17.9 Å². The lowest BCUT2D eigenvalue weighted by molar-refractivity contribution is -0.279. The van der Waals surface area contributed by atoms with Crippen molar-refractivity contribution in [2.24, 2.45) is 0 Å². The van der Waals surface area contributed by atoms with Gasteiger partial charge in [-0.15, -0.1) is 0 Å². The molecule has 3 aliphatic rings. The molecule has 3 aliphatic heterocycles. The second-order valence-electron chi connectivity index (χ2n) is 13.3. The van der Waals surface area contributed by atoms with Crippen LogP contribution < -0.4 is 4.72 Å². The lowest BCUT2D eigenvalue weighted by atomic mass is 10.0. The van der Waals surface area contributed by atoms with Gasteiger partial charge in [-0.25, -0.2) is 17.9 Å². The van der Waals surface area contributed by atoms with Crippen molar-refractivity contribution in [3.05, 3.63) is 29.8 Å². The number of nitrogens with zero attached hydrogens (tertiary/aromatic N) is 1. The third kappa shape index (κ3) is 11.4. The Kier molecular flexibility index (Phi) is 14.5. The topological polar surface area (TPSA) is 159 Å². The summed E-state index contributed by atoms with van der Waals surface area (Å²) in [5.41, 5.74) is 0.422. The quantitative estimate of drug-likeness (QED) is 0.182. The molecule has 0 spiro atoms. The first-order chi connectivity index (χ1) is 22.9. The van der Waals surface area contributed by atoms with Gasteiger partial charge in [0.2, 0.25) is 5.79 Å². The van der Waals surface area contributed by atoms with Gasteiger partial charge in [0, 0.05) is 26.2 Å². The van der Waals surface area contributed by atoms with Crippen LogP contribution in [0.25, 0.3) is 0 Å². The standard InChI is InChI=1S/C34H54N2O11S/c1-4-5-6-7-8-9-10-11-12-13-20-43-25-34-31(46-33(2,3)47-34)30(28(45-34)24-36-18-21-42-22-19-36)44-32(39)35-48(40,41)27-16-14-26(15-17-27)23-29(37)38/h14-17,28,30-31H,4-13,18-25H2,1-3H3,(H,35,39)(H,37,38)/t28-,30+,31-,34-/m0/s1. The largest absolute Gasteiger partial charge is 0.481 e. The first-order valence-corrected chi connectivity index (χ1v) is 18.9. The zero-order chi connectivity index (χ0) is 34.6. The molecular weight excluding hydrogens is 644 g/mol. The maximum Gasteiger partial charge on any atom is 0.421 e. The lowest BCUT2D eigenvalue weighted by Gasteiger charge is -2.32. The summed E-state index contributed by atoms with van der Waals surface area (Å²) in [6.07, 6.45) is 8.10. The van der Waals surface area contributed by atoms with E-state index in [0.29, 0.717) is 45.0 Å². The number of ether oxygens (including phenoxy) is 6. The number of carboxylic acid groups (broad SMARTS) is 1. The SMILES string of the molecule is CCCCCCCCCCCCOC[C@@]12O[C@@H](CN3CCOCC3)[C@@H](OC(=O)NS(=O)(=O)c3ccc(CC(=O)O)cc3)[C@@H]1OC(C)(C)O2. The number of hydrogen-bond acceptors (Lipinski definition) is 11. The molecule has 0 radical (unpaired) electrons. The summed E-state index contributed by atoms with van der Waals surface area (Å²) in [5.74, 6) is -3.47. The number of benzene rings is 1. The van der Waals surface area contributed by atoms with Crippen molar-refractivity contribution in [2.75, 3.05) is 46.1 Å². The molecule has 4 atom stereocenters. The molecule has 1 aromatic carbocycles. The van der Waals surface area contributed by atoms with Crippen molar-refractivity contribution in [1.82, 2.24) is 9.62 Å². The molecule has 2 N–H and O–H groups in total. The third-order valence-corrected chi connectivity index (χ3v) is 10.1. The zero-order valence-electron chi connectivity index (χ0n) is 28.7. The summed E-state index contributed by atoms with van der Waals surface area (Å²) in [7, 11) is -4.32. The van der Waals surface area contributed by atoms with Gasteiger partial charge in [-0.1, -0.05) is 76.8 Å². The van der Waals surface area contributed by atoms with E-state index in [1.165, 1.54) is 69.2 Å². The van der Waals surface area contributed by atoms with Crippen LogP contribution in [0.15, 0.2) is 29.2 Å². The zero-order valence-corrected chi connectivity index (χ0v) is 29.5. The van der Waals surface area contributed by atoms with Gasteiger partial charge in [0.1, 0.15) is 12.7 Å². The Morgan fingerprint density at radius 3 is 2.21 bits per heavy atom. The number of unbranched alkanes of at least 4 members (excludes halogenated alkanes) is 9. The van der Waals surface area contributed by atoms with Gasteiger partial charge in [0.05, 0.1) is 24.5 Å². The van der Waals surface area contributed by atoms with Crippen LogP contribution in [0.1, 0.15) is 90.5 Å². The first-order valence-electron chi connectivity index (χ1n) is 17.4. The van der Waals surface area contributed by atoms with Gasteiger partial charge in [-0.2, -0.15) is 0 Å². The molecule has 1 aromatic rings. The lowest BCUT2D eigenvalue weighted by Crippen LogP contribution is -2.48. The van der Waals surface area contributed by atoms with Gasteiger partial charge in [0.15, 0.2) is 18.0 Å². The minimum atomic E-state index is -4.32. The molecule has 48 heavy (non-hydrogen) atoms. The molecule has 0 aromatic heterocycles. The summed E-state index contributed by atoms with van der Waals surface area (Å²) in [5, 5.41) is 8.99. The number of sulfonamides is 1. The van der Waals surface area contributed by atoms with Crippen LogP contribution in [0.2, 0.25) is 0 Å². The van der Waals surface area contributed by atoms with E-state index < -0.39 is 52.0 Å². The van der Waals surface area contributed by atoms with Gasteiger partial charge in [-0.3, -0.25) is 9.69 Å². The molecule has 14 heteroatoms. The summed E-state index contributed by atoms with van der Waals surface area (Å²) in [6.45, 7) is 9.09. The summed E-state index contributed by atoms with van der Waals surface area (Å²) in [6, 6.07) is 5.24. The Labute approximate surface area is 285 Å². The maximum atomic E-state index is 13.2.